The number of carbonyl (C=O) groups excluding carboxylic acids is 2. The zero-order valence-corrected chi connectivity index (χ0v) is 9.79. The smallest absolute Gasteiger partial charge is 0.248 e. The maximum atomic E-state index is 10.9. The zero-order valence-electron chi connectivity index (χ0n) is 8.97. The number of rotatable bonds is 5. The monoisotopic (exact) mass is 238 g/mol. The average molecular weight is 238 g/mol. The fourth-order valence-electron chi connectivity index (χ4n) is 1.12. The average Bonchev–Trinajstić information content (AvgIpc) is 2.26. The van der Waals surface area contributed by atoms with Crippen molar-refractivity contribution in [2.45, 2.75) is 17.9 Å². The summed E-state index contributed by atoms with van der Waals surface area (Å²) in [5, 5.41) is -0.239. The minimum absolute atomic E-state index is 0.239. The lowest BCUT2D eigenvalue weighted by Crippen LogP contribution is -2.22. The molecule has 0 aliphatic rings. The second kappa shape index (κ2) is 5.55. The van der Waals surface area contributed by atoms with Crippen LogP contribution in [-0.2, 0) is 10.5 Å². The highest BCUT2D eigenvalue weighted by Crippen LogP contribution is 2.18. The molecule has 0 fully saturated rings. The molecule has 1 aromatic rings. The van der Waals surface area contributed by atoms with E-state index in [1.807, 2.05) is 6.07 Å². The number of amides is 2. The van der Waals surface area contributed by atoms with Gasteiger partial charge in [0.25, 0.3) is 0 Å². The van der Waals surface area contributed by atoms with Crippen LogP contribution in [0.25, 0.3) is 0 Å². The molecule has 1 atom stereocenters. The van der Waals surface area contributed by atoms with E-state index in [0.29, 0.717) is 11.3 Å². The van der Waals surface area contributed by atoms with Gasteiger partial charge in [0.2, 0.25) is 11.8 Å². The Hall–Kier alpha value is -1.49. The highest BCUT2D eigenvalue weighted by molar-refractivity contribution is 7.99. The predicted molar refractivity (Wildman–Crippen MR) is 64.9 cm³/mol. The van der Waals surface area contributed by atoms with Gasteiger partial charge in [0.05, 0.1) is 5.25 Å². The highest BCUT2D eigenvalue weighted by Gasteiger charge is 2.09. The summed E-state index contributed by atoms with van der Waals surface area (Å²) in [7, 11) is 0. The molecule has 0 radical (unpaired) electrons. The van der Waals surface area contributed by atoms with Crippen LogP contribution in [0.4, 0.5) is 0 Å². The van der Waals surface area contributed by atoms with Gasteiger partial charge in [0, 0.05) is 11.3 Å². The van der Waals surface area contributed by atoms with Crippen LogP contribution in [0.15, 0.2) is 24.3 Å². The van der Waals surface area contributed by atoms with Crippen molar-refractivity contribution in [3.05, 3.63) is 35.4 Å². The lowest BCUT2D eigenvalue weighted by Gasteiger charge is -2.07. The molecule has 16 heavy (non-hydrogen) atoms. The van der Waals surface area contributed by atoms with Crippen molar-refractivity contribution in [2.75, 3.05) is 0 Å². The van der Waals surface area contributed by atoms with E-state index in [1.165, 1.54) is 11.8 Å². The van der Waals surface area contributed by atoms with Gasteiger partial charge in [0.15, 0.2) is 0 Å². The number of carbonyl (C=O) groups is 2. The molecule has 0 bridgehead atoms. The molecule has 0 saturated heterocycles. The normalized spacial score (nSPS) is 12.1. The van der Waals surface area contributed by atoms with Crippen molar-refractivity contribution in [1.82, 2.24) is 0 Å². The van der Waals surface area contributed by atoms with E-state index >= 15 is 0 Å². The van der Waals surface area contributed by atoms with Crippen molar-refractivity contribution >= 4 is 23.6 Å². The standard InChI is InChI=1S/C11H14N2O2S/c1-7(10(12)14)16-6-8-3-2-4-9(5-8)11(13)15/h2-5,7H,6H2,1H3,(H2,12,14)(H2,13,15)/t7-/m0/s1. The summed E-state index contributed by atoms with van der Waals surface area (Å²) >= 11 is 1.43. The van der Waals surface area contributed by atoms with Crippen LogP contribution in [-0.4, -0.2) is 17.1 Å². The summed E-state index contributed by atoms with van der Waals surface area (Å²) < 4.78 is 0. The van der Waals surface area contributed by atoms with Crippen LogP contribution in [0.1, 0.15) is 22.8 Å². The molecule has 5 heteroatoms. The van der Waals surface area contributed by atoms with Crippen LogP contribution in [0.3, 0.4) is 0 Å². The number of benzene rings is 1. The van der Waals surface area contributed by atoms with Gasteiger partial charge < -0.3 is 11.5 Å². The number of thioether (sulfide) groups is 1. The van der Waals surface area contributed by atoms with Crippen molar-refractivity contribution in [3.63, 3.8) is 0 Å². The van der Waals surface area contributed by atoms with E-state index < -0.39 is 5.91 Å². The van der Waals surface area contributed by atoms with Crippen LogP contribution < -0.4 is 11.5 Å². The Balaban J connectivity index is 2.64. The Kier molecular flexibility index (Phi) is 4.37. The molecule has 0 heterocycles. The first-order valence-electron chi connectivity index (χ1n) is 4.80. The molecule has 0 unspecified atom stereocenters. The summed E-state index contributed by atoms with van der Waals surface area (Å²) in [6.07, 6.45) is 0. The number of hydrogen-bond acceptors (Lipinski definition) is 3. The number of primary amides is 2. The molecule has 0 aliphatic carbocycles. The maximum absolute atomic E-state index is 10.9. The second-order valence-corrected chi connectivity index (χ2v) is 4.75. The van der Waals surface area contributed by atoms with Crippen LogP contribution in [0.5, 0.6) is 0 Å². The largest absolute Gasteiger partial charge is 0.369 e. The maximum Gasteiger partial charge on any atom is 0.248 e. The minimum atomic E-state index is -0.449. The first-order chi connectivity index (χ1) is 7.50. The Labute approximate surface area is 98.4 Å². The molecular formula is C11H14N2O2S. The lowest BCUT2D eigenvalue weighted by molar-refractivity contribution is -0.117. The molecule has 2 amide bonds. The molecule has 1 rings (SSSR count). The second-order valence-electron chi connectivity index (χ2n) is 3.42. The summed E-state index contributed by atoms with van der Waals surface area (Å²) in [5.74, 6) is -0.156. The predicted octanol–water partition coefficient (Wildman–Crippen LogP) is 0.892. The van der Waals surface area contributed by atoms with Crippen molar-refractivity contribution < 1.29 is 9.59 Å². The van der Waals surface area contributed by atoms with Gasteiger partial charge in [-0.05, 0) is 24.6 Å². The highest BCUT2D eigenvalue weighted by atomic mass is 32.2. The Morgan fingerprint density at radius 3 is 2.62 bits per heavy atom. The Bertz CT molecular complexity index is 407. The van der Waals surface area contributed by atoms with Gasteiger partial charge in [-0.15, -0.1) is 11.8 Å². The molecule has 0 aromatic heterocycles. The first kappa shape index (κ1) is 12.6. The van der Waals surface area contributed by atoms with Gasteiger partial charge in [-0.25, -0.2) is 0 Å². The van der Waals surface area contributed by atoms with E-state index in [4.69, 9.17) is 11.5 Å². The fraction of sp³-hybridized carbons (Fsp3) is 0.273. The topological polar surface area (TPSA) is 86.2 Å². The van der Waals surface area contributed by atoms with E-state index in [1.54, 1.807) is 25.1 Å². The summed E-state index contributed by atoms with van der Waals surface area (Å²) in [6.45, 7) is 1.75. The summed E-state index contributed by atoms with van der Waals surface area (Å²) in [6, 6.07) is 7.04. The summed E-state index contributed by atoms with van der Waals surface area (Å²) in [4.78, 5) is 21.8. The van der Waals surface area contributed by atoms with Crippen molar-refractivity contribution in [2.24, 2.45) is 11.5 Å². The van der Waals surface area contributed by atoms with Gasteiger partial charge in [-0.3, -0.25) is 9.59 Å². The minimum Gasteiger partial charge on any atom is -0.369 e. The third-order valence-corrected chi connectivity index (χ3v) is 3.34. The quantitative estimate of drug-likeness (QED) is 0.798. The van der Waals surface area contributed by atoms with Crippen molar-refractivity contribution in [1.29, 1.82) is 0 Å². The zero-order chi connectivity index (χ0) is 12.1. The van der Waals surface area contributed by atoms with E-state index in [2.05, 4.69) is 0 Å². The van der Waals surface area contributed by atoms with E-state index in [0.717, 1.165) is 5.56 Å². The van der Waals surface area contributed by atoms with Crippen LogP contribution in [0, 0.1) is 0 Å². The van der Waals surface area contributed by atoms with E-state index in [-0.39, 0.29) is 11.2 Å². The molecule has 4 nitrogen and oxygen atoms in total. The van der Waals surface area contributed by atoms with Gasteiger partial charge >= 0.3 is 0 Å². The van der Waals surface area contributed by atoms with Gasteiger partial charge in [0.1, 0.15) is 0 Å². The third kappa shape index (κ3) is 3.58. The SMILES string of the molecule is C[C@H](SCc1cccc(C(N)=O)c1)C(N)=O. The molecule has 0 spiro atoms. The molecule has 0 saturated carbocycles. The number of nitrogens with two attached hydrogens (primary N) is 2. The molecular weight excluding hydrogens is 224 g/mol. The molecule has 86 valence electrons. The third-order valence-electron chi connectivity index (χ3n) is 2.11. The fourth-order valence-corrected chi connectivity index (χ4v) is 1.90. The molecule has 1 aromatic carbocycles. The Morgan fingerprint density at radius 2 is 2.06 bits per heavy atom. The van der Waals surface area contributed by atoms with E-state index in [9.17, 15) is 9.59 Å². The number of hydrogen-bond donors (Lipinski definition) is 2. The molecule has 0 aliphatic heterocycles. The lowest BCUT2D eigenvalue weighted by atomic mass is 10.1. The van der Waals surface area contributed by atoms with Crippen molar-refractivity contribution in [3.8, 4) is 0 Å². The van der Waals surface area contributed by atoms with Crippen LogP contribution in [0.2, 0.25) is 0 Å². The Morgan fingerprint density at radius 1 is 1.38 bits per heavy atom. The van der Waals surface area contributed by atoms with Crippen LogP contribution >= 0.6 is 11.8 Å². The van der Waals surface area contributed by atoms with Gasteiger partial charge in [-0.2, -0.15) is 0 Å². The van der Waals surface area contributed by atoms with Gasteiger partial charge in [-0.1, -0.05) is 12.1 Å². The molecule has 4 N–H and O–H groups in total. The first-order valence-corrected chi connectivity index (χ1v) is 5.85. The summed E-state index contributed by atoms with van der Waals surface area (Å²) in [5.41, 5.74) is 11.7.